The van der Waals surface area contributed by atoms with Crippen LogP contribution >= 0.6 is 0 Å². The Morgan fingerprint density at radius 3 is 2.21 bits per heavy atom. The second kappa shape index (κ2) is 9.70. The van der Waals surface area contributed by atoms with Gasteiger partial charge in [0.15, 0.2) is 11.5 Å². The lowest BCUT2D eigenvalue weighted by atomic mass is 10.00. The highest BCUT2D eigenvalue weighted by molar-refractivity contribution is 5.74. The van der Waals surface area contributed by atoms with Crippen molar-refractivity contribution < 1.29 is 20.1 Å². The maximum absolute atomic E-state index is 10.2. The van der Waals surface area contributed by atoms with Crippen molar-refractivity contribution in [1.82, 2.24) is 0 Å². The Kier molecular flexibility index (Phi) is 7.33. The van der Waals surface area contributed by atoms with Gasteiger partial charge in [-0.3, -0.25) is 0 Å². The predicted octanol–water partition coefficient (Wildman–Crippen LogP) is 5.83. The lowest BCUT2D eigenvalue weighted by molar-refractivity contribution is 0.355. The maximum atomic E-state index is 10.2. The molecule has 4 nitrogen and oxygen atoms in total. The van der Waals surface area contributed by atoms with Crippen LogP contribution in [0.5, 0.6) is 23.0 Å². The third-order valence-corrected chi connectivity index (χ3v) is 4.13. The maximum Gasteiger partial charge on any atom is 0.157 e. The fourth-order valence-electron chi connectivity index (χ4n) is 2.58. The highest BCUT2D eigenvalue weighted by atomic mass is 16.5. The first kappa shape index (κ1) is 21.2. The summed E-state index contributed by atoms with van der Waals surface area (Å²) in [7, 11) is 0. The van der Waals surface area contributed by atoms with Gasteiger partial charge in [-0.25, -0.2) is 0 Å². The summed E-state index contributed by atoms with van der Waals surface area (Å²) in [4.78, 5) is 0. The molecule has 4 heteroatoms. The van der Waals surface area contributed by atoms with Gasteiger partial charge in [0.2, 0.25) is 0 Å². The normalized spacial score (nSPS) is 10.7. The van der Waals surface area contributed by atoms with Crippen molar-refractivity contribution in [2.45, 2.75) is 34.1 Å². The Morgan fingerprint density at radius 2 is 1.57 bits per heavy atom. The van der Waals surface area contributed by atoms with Gasteiger partial charge in [-0.05, 0) is 69.5 Å². The Bertz CT molecular complexity index is 912. The molecule has 0 heterocycles. The molecule has 0 aliphatic heterocycles. The van der Waals surface area contributed by atoms with Crippen molar-refractivity contribution >= 4 is 12.2 Å². The van der Waals surface area contributed by atoms with E-state index in [0.29, 0.717) is 18.8 Å². The smallest absolute Gasteiger partial charge is 0.157 e. The molecule has 0 radical (unpaired) electrons. The zero-order valence-corrected chi connectivity index (χ0v) is 16.9. The lowest BCUT2D eigenvalue weighted by Gasteiger charge is -2.14. The number of aromatic hydroxyl groups is 3. The van der Waals surface area contributed by atoms with Crippen molar-refractivity contribution in [3.05, 3.63) is 70.3 Å². The second-order valence-electron chi connectivity index (χ2n) is 7.17. The molecule has 2 aromatic rings. The lowest BCUT2D eigenvalue weighted by Crippen LogP contribution is -2.00. The van der Waals surface area contributed by atoms with Gasteiger partial charge >= 0.3 is 0 Å². The summed E-state index contributed by atoms with van der Waals surface area (Å²) in [6, 6.07) is 7.96. The van der Waals surface area contributed by atoms with E-state index < -0.39 is 0 Å². The molecule has 0 saturated carbocycles. The summed E-state index contributed by atoms with van der Waals surface area (Å²) >= 11 is 0. The summed E-state index contributed by atoms with van der Waals surface area (Å²) in [5.74, 6) is 0.437. The average molecular weight is 380 g/mol. The quantitative estimate of drug-likeness (QED) is 0.321. The van der Waals surface area contributed by atoms with E-state index in [2.05, 4.69) is 6.08 Å². The zero-order chi connectivity index (χ0) is 20.7. The van der Waals surface area contributed by atoms with Crippen molar-refractivity contribution in [1.29, 1.82) is 0 Å². The molecule has 0 atom stereocenters. The van der Waals surface area contributed by atoms with Crippen LogP contribution in [0.4, 0.5) is 0 Å². The first-order valence-electron chi connectivity index (χ1n) is 9.21. The first-order valence-corrected chi connectivity index (χ1v) is 9.21. The molecule has 0 unspecified atom stereocenters. The molecule has 3 N–H and O–H groups in total. The van der Waals surface area contributed by atoms with Crippen LogP contribution in [0.15, 0.2) is 53.6 Å². The highest BCUT2D eigenvalue weighted by Gasteiger charge is 2.10. The van der Waals surface area contributed by atoms with Crippen molar-refractivity contribution in [2.24, 2.45) is 0 Å². The van der Waals surface area contributed by atoms with Gasteiger partial charge in [-0.15, -0.1) is 0 Å². The fourth-order valence-corrected chi connectivity index (χ4v) is 2.58. The molecule has 2 rings (SSSR count). The number of phenolic OH excluding ortho intramolecular Hbond substituents is 3. The third kappa shape index (κ3) is 6.23. The van der Waals surface area contributed by atoms with Gasteiger partial charge in [-0.2, -0.15) is 0 Å². The monoisotopic (exact) mass is 380 g/mol. The van der Waals surface area contributed by atoms with Crippen LogP contribution < -0.4 is 4.74 Å². The minimum Gasteiger partial charge on any atom is -0.508 e. The average Bonchev–Trinajstić information content (AvgIpc) is 2.61. The Labute approximate surface area is 166 Å². The van der Waals surface area contributed by atoms with Crippen LogP contribution in [-0.4, -0.2) is 21.9 Å². The molecule has 0 aromatic heterocycles. The van der Waals surface area contributed by atoms with E-state index in [1.165, 1.54) is 23.3 Å². The topological polar surface area (TPSA) is 69.9 Å². The minimum atomic E-state index is -0.173. The molecule has 2 aromatic carbocycles. The van der Waals surface area contributed by atoms with Gasteiger partial charge in [-0.1, -0.05) is 35.4 Å². The molecule has 0 amide bonds. The largest absolute Gasteiger partial charge is 0.508 e. The van der Waals surface area contributed by atoms with E-state index in [9.17, 15) is 15.3 Å². The molecule has 0 aliphatic rings. The van der Waals surface area contributed by atoms with Gasteiger partial charge < -0.3 is 20.1 Å². The number of ether oxygens (including phenoxy) is 1. The van der Waals surface area contributed by atoms with E-state index >= 15 is 0 Å². The van der Waals surface area contributed by atoms with Gasteiger partial charge in [0, 0.05) is 11.6 Å². The predicted molar refractivity (Wildman–Crippen MR) is 115 cm³/mol. The number of phenols is 3. The molecular weight excluding hydrogens is 352 g/mol. The van der Waals surface area contributed by atoms with Crippen LogP contribution in [0.25, 0.3) is 12.2 Å². The molecule has 0 aliphatic carbocycles. The number of allylic oxidation sites excluding steroid dienone is 3. The summed E-state index contributed by atoms with van der Waals surface area (Å²) in [6.07, 6.45) is 8.47. The number of hydrogen-bond acceptors (Lipinski definition) is 4. The van der Waals surface area contributed by atoms with Gasteiger partial charge in [0.1, 0.15) is 18.1 Å². The van der Waals surface area contributed by atoms with E-state index in [4.69, 9.17) is 4.74 Å². The zero-order valence-electron chi connectivity index (χ0n) is 16.9. The first-order chi connectivity index (χ1) is 13.3. The molecule has 0 fully saturated rings. The SMILES string of the molecule is CC(C)=CCOc1cc(O)cc(/C=C/c2ccc(O)c(O)c2)c1CC=C(C)C. The molecule has 28 heavy (non-hydrogen) atoms. The van der Waals surface area contributed by atoms with Gasteiger partial charge in [0.25, 0.3) is 0 Å². The minimum absolute atomic E-state index is 0.126. The summed E-state index contributed by atoms with van der Waals surface area (Å²) in [6.45, 7) is 8.54. The van der Waals surface area contributed by atoms with Crippen LogP contribution in [0.1, 0.15) is 44.4 Å². The van der Waals surface area contributed by atoms with Crippen molar-refractivity contribution in [2.75, 3.05) is 6.61 Å². The molecule has 0 bridgehead atoms. The van der Waals surface area contributed by atoms with E-state index in [-0.39, 0.29) is 17.2 Å². The van der Waals surface area contributed by atoms with Crippen LogP contribution in [0.3, 0.4) is 0 Å². The van der Waals surface area contributed by atoms with E-state index in [1.807, 2.05) is 45.9 Å². The number of hydrogen-bond donors (Lipinski definition) is 3. The van der Waals surface area contributed by atoms with Gasteiger partial charge in [0.05, 0.1) is 0 Å². The van der Waals surface area contributed by atoms with Crippen LogP contribution in [-0.2, 0) is 6.42 Å². The molecule has 148 valence electrons. The van der Waals surface area contributed by atoms with Crippen LogP contribution in [0.2, 0.25) is 0 Å². The second-order valence-corrected chi connectivity index (χ2v) is 7.17. The highest BCUT2D eigenvalue weighted by Crippen LogP contribution is 2.32. The van der Waals surface area contributed by atoms with Crippen LogP contribution in [0, 0.1) is 0 Å². The Morgan fingerprint density at radius 1 is 0.857 bits per heavy atom. The number of rotatable bonds is 7. The molecule has 0 saturated heterocycles. The summed E-state index contributed by atoms with van der Waals surface area (Å²) in [5.41, 5.74) is 4.90. The van der Waals surface area contributed by atoms with Crippen molar-refractivity contribution in [3.8, 4) is 23.0 Å². The van der Waals surface area contributed by atoms with E-state index in [0.717, 1.165) is 16.7 Å². The molecule has 0 spiro atoms. The summed E-state index contributed by atoms with van der Waals surface area (Å²) in [5, 5.41) is 29.3. The Hall–Kier alpha value is -3.14. The van der Waals surface area contributed by atoms with E-state index in [1.54, 1.807) is 18.2 Å². The number of benzene rings is 2. The molecular formula is C24H28O4. The fraction of sp³-hybridized carbons (Fsp3) is 0.250. The Balaban J connectivity index is 2.43. The van der Waals surface area contributed by atoms with Crippen molar-refractivity contribution in [3.63, 3.8) is 0 Å². The summed E-state index contributed by atoms with van der Waals surface area (Å²) < 4.78 is 5.92. The standard InChI is InChI=1S/C24H28O4/c1-16(2)5-9-21-19(8-6-18-7-10-22(26)23(27)13-18)14-20(25)15-24(21)28-12-11-17(3)4/h5-8,10-11,13-15,25-27H,9,12H2,1-4H3/b8-6+. The third-order valence-electron chi connectivity index (χ3n) is 4.13.